The summed E-state index contributed by atoms with van der Waals surface area (Å²) < 4.78 is 0. The summed E-state index contributed by atoms with van der Waals surface area (Å²) in [7, 11) is 0. The lowest BCUT2D eigenvalue weighted by Gasteiger charge is -2.40. The van der Waals surface area contributed by atoms with Crippen molar-refractivity contribution in [1.29, 1.82) is 0 Å². The van der Waals surface area contributed by atoms with Crippen LogP contribution < -0.4 is 5.32 Å². The van der Waals surface area contributed by atoms with Crippen LogP contribution in [0.3, 0.4) is 0 Å². The van der Waals surface area contributed by atoms with Gasteiger partial charge in [-0.3, -0.25) is 4.79 Å². The zero-order chi connectivity index (χ0) is 14.2. The molecule has 0 saturated heterocycles. The highest BCUT2D eigenvalue weighted by molar-refractivity contribution is 7.17. The summed E-state index contributed by atoms with van der Waals surface area (Å²) in [6, 6.07) is 2.01. The highest BCUT2D eigenvalue weighted by Gasteiger charge is 2.38. The second-order valence-electron chi connectivity index (χ2n) is 5.19. The molecule has 0 aromatic carbocycles. The SMILES string of the molecule is Cc1nc(-c2ccsc2)sc1C(=O)NC1(CO)CCC1. The summed E-state index contributed by atoms with van der Waals surface area (Å²) in [5.74, 6) is -0.116. The zero-order valence-corrected chi connectivity index (χ0v) is 12.8. The number of carbonyl (C=O) groups excluding carboxylic acids is 1. The lowest BCUT2D eigenvalue weighted by molar-refractivity contribution is 0.0644. The van der Waals surface area contributed by atoms with Crippen molar-refractivity contribution in [3.63, 3.8) is 0 Å². The first-order valence-corrected chi connectivity index (χ1v) is 8.33. The van der Waals surface area contributed by atoms with Gasteiger partial charge in [0, 0.05) is 10.9 Å². The maximum atomic E-state index is 12.4. The van der Waals surface area contributed by atoms with Crippen LogP contribution in [-0.4, -0.2) is 28.1 Å². The van der Waals surface area contributed by atoms with E-state index < -0.39 is 5.54 Å². The van der Waals surface area contributed by atoms with E-state index in [-0.39, 0.29) is 12.5 Å². The molecule has 0 atom stereocenters. The highest BCUT2D eigenvalue weighted by atomic mass is 32.1. The number of rotatable bonds is 4. The Morgan fingerprint density at radius 1 is 1.55 bits per heavy atom. The molecule has 3 rings (SSSR count). The van der Waals surface area contributed by atoms with Crippen LogP contribution in [0.2, 0.25) is 0 Å². The number of carbonyl (C=O) groups is 1. The number of aliphatic hydroxyl groups excluding tert-OH is 1. The number of thiazole rings is 1. The molecule has 0 spiro atoms. The Kier molecular flexibility index (Phi) is 3.62. The number of thiophene rings is 1. The Balaban J connectivity index is 1.81. The number of aromatic nitrogens is 1. The van der Waals surface area contributed by atoms with Crippen molar-refractivity contribution in [2.75, 3.05) is 6.61 Å². The van der Waals surface area contributed by atoms with E-state index >= 15 is 0 Å². The van der Waals surface area contributed by atoms with Gasteiger partial charge in [0.2, 0.25) is 0 Å². The maximum absolute atomic E-state index is 12.4. The molecule has 4 nitrogen and oxygen atoms in total. The molecule has 6 heteroatoms. The third kappa shape index (κ3) is 2.39. The van der Waals surface area contributed by atoms with Crippen LogP contribution in [0.25, 0.3) is 10.6 Å². The smallest absolute Gasteiger partial charge is 0.263 e. The molecule has 1 aliphatic rings. The molecule has 1 fully saturated rings. The van der Waals surface area contributed by atoms with Crippen LogP contribution in [0.4, 0.5) is 0 Å². The molecule has 0 bridgehead atoms. The Morgan fingerprint density at radius 3 is 2.90 bits per heavy atom. The van der Waals surface area contributed by atoms with Gasteiger partial charge in [0.25, 0.3) is 5.91 Å². The van der Waals surface area contributed by atoms with Crippen LogP contribution in [0.1, 0.15) is 34.6 Å². The largest absolute Gasteiger partial charge is 0.394 e. The zero-order valence-electron chi connectivity index (χ0n) is 11.2. The lowest BCUT2D eigenvalue weighted by Crippen LogP contribution is -2.56. The van der Waals surface area contributed by atoms with E-state index in [4.69, 9.17) is 0 Å². The monoisotopic (exact) mass is 308 g/mol. The third-order valence-corrected chi connectivity index (χ3v) is 5.65. The van der Waals surface area contributed by atoms with E-state index in [0.29, 0.717) is 4.88 Å². The minimum atomic E-state index is -0.407. The number of nitrogens with zero attached hydrogens (tertiary/aromatic N) is 1. The first-order valence-electron chi connectivity index (χ1n) is 6.57. The quantitative estimate of drug-likeness (QED) is 0.913. The Hall–Kier alpha value is -1.24. The normalized spacial score (nSPS) is 16.7. The van der Waals surface area contributed by atoms with Crippen molar-refractivity contribution < 1.29 is 9.90 Å². The van der Waals surface area contributed by atoms with Crippen molar-refractivity contribution in [2.24, 2.45) is 0 Å². The number of aryl methyl sites for hydroxylation is 1. The van der Waals surface area contributed by atoms with Crippen LogP contribution in [0, 0.1) is 6.92 Å². The number of amides is 1. The Labute approximate surface area is 125 Å². The minimum absolute atomic E-state index is 0.00792. The molecule has 2 aromatic heterocycles. The summed E-state index contributed by atoms with van der Waals surface area (Å²) in [6.45, 7) is 1.86. The number of hydrogen-bond acceptors (Lipinski definition) is 5. The van der Waals surface area contributed by atoms with Crippen molar-refractivity contribution >= 4 is 28.6 Å². The highest BCUT2D eigenvalue weighted by Crippen LogP contribution is 2.33. The van der Waals surface area contributed by atoms with E-state index in [1.54, 1.807) is 11.3 Å². The second-order valence-corrected chi connectivity index (χ2v) is 6.97. The molecule has 1 saturated carbocycles. The standard InChI is InChI=1S/C14H16N2O2S2/c1-9-11(12(18)16-14(8-17)4-2-5-14)20-13(15-9)10-3-6-19-7-10/h3,6-7,17H,2,4-5,8H2,1H3,(H,16,18). The van der Waals surface area contributed by atoms with Crippen molar-refractivity contribution in [3.05, 3.63) is 27.4 Å². The molecule has 106 valence electrons. The molecule has 20 heavy (non-hydrogen) atoms. The van der Waals surface area contributed by atoms with E-state index in [1.807, 2.05) is 23.8 Å². The average Bonchev–Trinajstić information content (AvgIpc) is 3.02. The van der Waals surface area contributed by atoms with Gasteiger partial charge in [0.05, 0.1) is 17.8 Å². The van der Waals surface area contributed by atoms with Crippen molar-refractivity contribution in [1.82, 2.24) is 10.3 Å². The summed E-state index contributed by atoms with van der Waals surface area (Å²) in [4.78, 5) is 17.5. The van der Waals surface area contributed by atoms with Crippen LogP contribution >= 0.6 is 22.7 Å². The van der Waals surface area contributed by atoms with Crippen LogP contribution in [-0.2, 0) is 0 Å². The molecule has 1 amide bonds. The molecule has 0 radical (unpaired) electrons. The van der Waals surface area contributed by atoms with Crippen molar-refractivity contribution in [2.45, 2.75) is 31.7 Å². The molecule has 2 aromatic rings. The maximum Gasteiger partial charge on any atom is 0.263 e. The van der Waals surface area contributed by atoms with Gasteiger partial charge in [-0.2, -0.15) is 11.3 Å². The first kappa shape index (κ1) is 13.7. The van der Waals surface area contributed by atoms with Gasteiger partial charge >= 0.3 is 0 Å². The molecular formula is C14H16N2O2S2. The molecule has 1 aliphatic carbocycles. The fourth-order valence-corrected chi connectivity index (χ4v) is 4.01. The molecular weight excluding hydrogens is 292 g/mol. The summed E-state index contributed by atoms with van der Waals surface area (Å²) >= 11 is 3.03. The van der Waals surface area contributed by atoms with Gasteiger partial charge in [-0.25, -0.2) is 4.98 Å². The fourth-order valence-electron chi connectivity index (χ4n) is 2.34. The topological polar surface area (TPSA) is 62.2 Å². The van der Waals surface area contributed by atoms with E-state index in [2.05, 4.69) is 10.3 Å². The third-order valence-electron chi connectivity index (χ3n) is 3.76. The van der Waals surface area contributed by atoms with E-state index in [9.17, 15) is 9.90 Å². The van der Waals surface area contributed by atoms with Gasteiger partial charge in [0.15, 0.2) is 0 Å². The van der Waals surface area contributed by atoms with Crippen molar-refractivity contribution in [3.8, 4) is 10.6 Å². The van der Waals surface area contributed by atoms with Gasteiger partial charge in [-0.05, 0) is 37.6 Å². The molecule has 0 unspecified atom stereocenters. The predicted octanol–water partition coefficient (Wildman–Crippen LogP) is 2.82. The van der Waals surface area contributed by atoms with Crippen LogP contribution in [0.15, 0.2) is 16.8 Å². The second kappa shape index (κ2) is 5.27. The average molecular weight is 308 g/mol. The predicted molar refractivity (Wildman–Crippen MR) is 81.3 cm³/mol. The van der Waals surface area contributed by atoms with Crippen LogP contribution in [0.5, 0.6) is 0 Å². The summed E-state index contributed by atoms with van der Waals surface area (Å²) in [5.41, 5.74) is 1.40. The molecule has 2 heterocycles. The van der Waals surface area contributed by atoms with Gasteiger partial charge in [-0.15, -0.1) is 11.3 Å². The summed E-state index contributed by atoms with van der Waals surface area (Å²) in [5, 5.41) is 17.3. The molecule has 2 N–H and O–H groups in total. The fraction of sp³-hybridized carbons (Fsp3) is 0.429. The lowest BCUT2D eigenvalue weighted by atomic mass is 9.77. The minimum Gasteiger partial charge on any atom is -0.394 e. The Bertz CT molecular complexity index is 610. The van der Waals surface area contributed by atoms with Gasteiger partial charge in [-0.1, -0.05) is 0 Å². The van der Waals surface area contributed by atoms with Gasteiger partial charge < -0.3 is 10.4 Å². The number of hydrogen-bond donors (Lipinski definition) is 2. The van der Waals surface area contributed by atoms with Gasteiger partial charge in [0.1, 0.15) is 9.88 Å². The Morgan fingerprint density at radius 2 is 2.35 bits per heavy atom. The number of aliphatic hydroxyl groups is 1. The van der Waals surface area contributed by atoms with E-state index in [1.165, 1.54) is 11.3 Å². The first-order chi connectivity index (χ1) is 9.63. The molecule has 0 aliphatic heterocycles. The van der Waals surface area contributed by atoms with E-state index in [0.717, 1.165) is 35.5 Å². The number of nitrogens with one attached hydrogen (secondary N) is 1. The summed E-state index contributed by atoms with van der Waals surface area (Å²) in [6.07, 6.45) is 2.76.